The van der Waals surface area contributed by atoms with Crippen LogP contribution < -0.4 is 0 Å². The molecule has 0 saturated carbocycles. The molecule has 1 aliphatic carbocycles. The summed E-state index contributed by atoms with van der Waals surface area (Å²) < 4.78 is 2.19. The van der Waals surface area contributed by atoms with Gasteiger partial charge in [0.15, 0.2) is 0 Å². The van der Waals surface area contributed by atoms with Crippen molar-refractivity contribution in [3.8, 4) is 17.3 Å². The molecule has 22 heavy (non-hydrogen) atoms. The first-order chi connectivity index (χ1) is 10.5. The molecule has 1 aromatic carbocycles. The largest absolute Gasteiger partial charge is 0.263 e. The van der Waals surface area contributed by atoms with Crippen LogP contribution in [0.15, 0.2) is 30.3 Å². The first-order valence-electron chi connectivity index (χ1n) is 8.07. The number of nitrogens with zero attached hydrogens (tertiary/aromatic N) is 3. The summed E-state index contributed by atoms with van der Waals surface area (Å²) in [5, 5.41) is 14.2. The Kier molecular flexibility index (Phi) is 3.78. The van der Waals surface area contributed by atoms with Crippen LogP contribution in [0.3, 0.4) is 0 Å². The number of hydrogen-bond donors (Lipinski definition) is 0. The van der Waals surface area contributed by atoms with Crippen molar-refractivity contribution < 1.29 is 0 Å². The van der Waals surface area contributed by atoms with Crippen molar-refractivity contribution in [2.75, 3.05) is 0 Å². The summed E-state index contributed by atoms with van der Waals surface area (Å²) in [6.07, 6.45) is 3.89. The van der Waals surface area contributed by atoms with E-state index in [0.29, 0.717) is 12.3 Å². The minimum atomic E-state index is -0.0361. The molecular formula is C19H23N3. The lowest BCUT2D eigenvalue weighted by molar-refractivity contribution is 0.338. The van der Waals surface area contributed by atoms with Gasteiger partial charge in [0.2, 0.25) is 0 Å². The predicted molar refractivity (Wildman–Crippen MR) is 88.6 cm³/mol. The van der Waals surface area contributed by atoms with E-state index in [2.05, 4.69) is 55.8 Å². The monoisotopic (exact) mass is 293 g/mol. The van der Waals surface area contributed by atoms with Crippen LogP contribution in [0, 0.1) is 11.3 Å². The molecule has 0 N–H and O–H groups in total. The van der Waals surface area contributed by atoms with Crippen molar-refractivity contribution in [2.45, 2.75) is 57.9 Å². The fourth-order valence-electron chi connectivity index (χ4n) is 3.47. The van der Waals surface area contributed by atoms with Crippen molar-refractivity contribution in [3.05, 3.63) is 41.6 Å². The maximum atomic E-state index is 9.20. The van der Waals surface area contributed by atoms with Gasteiger partial charge in [0.1, 0.15) is 0 Å². The van der Waals surface area contributed by atoms with E-state index in [9.17, 15) is 5.26 Å². The van der Waals surface area contributed by atoms with Crippen LogP contribution in [0.4, 0.5) is 0 Å². The topological polar surface area (TPSA) is 41.6 Å². The summed E-state index contributed by atoms with van der Waals surface area (Å²) in [4.78, 5) is 0. The maximum absolute atomic E-state index is 9.20. The Morgan fingerprint density at radius 3 is 2.64 bits per heavy atom. The first-order valence-corrected chi connectivity index (χ1v) is 8.07. The summed E-state index contributed by atoms with van der Waals surface area (Å²) >= 11 is 0. The van der Waals surface area contributed by atoms with Gasteiger partial charge in [0.05, 0.1) is 17.3 Å². The van der Waals surface area contributed by atoms with E-state index in [1.54, 1.807) is 0 Å². The van der Waals surface area contributed by atoms with Crippen LogP contribution in [-0.2, 0) is 12.0 Å². The molecule has 0 saturated heterocycles. The summed E-state index contributed by atoms with van der Waals surface area (Å²) in [5.74, 6) is 0.319. The molecule has 3 heteroatoms. The highest BCUT2D eigenvalue weighted by atomic mass is 15.3. The molecule has 3 nitrogen and oxygen atoms in total. The molecule has 1 heterocycles. The van der Waals surface area contributed by atoms with Crippen molar-refractivity contribution in [1.82, 2.24) is 9.78 Å². The number of nitriles is 1. The van der Waals surface area contributed by atoms with Crippen molar-refractivity contribution in [2.24, 2.45) is 0 Å². The molecule has 1 atom stereocenters. The molecule has 0 bridgehead atoms. The van der Waals surface area contributed by atoms with Crippen LogP contribution in [0.2, 0.25) is 0 Å². The van der Waals surface area contributed by atoms with E-state index in [1.807, 2.05) is 6.07 Å². The van der Waals surface area contributed by atoms with Gasteiger partial charge in [-0.05, 0) is 40.0 Å². The Labute approximate surface area is 132 Å². The van der Waals surface area contributed by atoms with Crippen LogP contribution in [-0.4, -0.2) is 9.78 Å². The van der Waals surface area contributed by atoms with Crippen molar-refractivity contribution in [3.63, 3.8) is 0 Å². The molecule has 0 radical (unpaired) electrons. The van der Waals surface area contributed by atoms with Gasteiger partial charge in [-0.25, -0.2) is 0 Å². The van der Waals surface area contributed by atoms with Crippen molar-refractivity contribution >= 4 is 0 Å². The third-order valence-electron chi connectivity index (χ3n) is 4.42. The molecule has 0 aliphatic heterocycles. The molecule has 1 aliphatic rings. The lowest BCUT2D eigenvalue weighted by atomic mass is 9.82. The quantitative estimate of drug-likeness (QED) is 0.809. The van der Waals surface area contributed by atoms with E-state index in [1.165, 1.54) is 11.3 Å². The smallest absolute Gasteiger partial charge is 0.0961 e. The third kappa shape index (κ3) is 2.54. The Morgan fingerprint density at radius 1 is 1.27 bits per heavy atom. The summed E-state index contributed by atoms with van der Waals surface area (Å²) in [5.41, 5.74) is 4.84. The van der Waals surface area contributed by atoms with Crippen LogP contribution >= 0.6 is 0 Å². The Bertz CT molecular complexity index is 699. The van der Waals surface area contributed by atoms with Gasteiger partial charge in [-0.15, -0.1) is 0 Å². The van der Waals surface area contributed by atoms with E-state index in [0.717, 1.165) is 30.5 Å². The number of rotatable bonds is 2. The molecule has 2 aromatic rings. The predicted octanol–water partition coefficient (Wildman–Crippen LogP) is 4.64. The number of hydrogen-bond acceptors (Lipinski definition) is 2. The Hall–Kier alpha value is -2.08. The van der Waals surface area contributed by atoms with Crippen LogP contribution in [0.5, 0.6) is 0 Å². The zero-order chi connectivity index (χ0) is 15.7. The van der Waals surface area contributed by atoms with Crippen LogP contribution in [0.25, 0.3) is 11.3 Å². The molecule has 1 aromatic heterocycles. The van der Waals surface area contributed by atoms with E-state index in [4.69, 9.17) is 5.10 Å². The average Bonchev–Trinajstić information content (AvgIpc) is 2.89. The second-order valence-electron chi connectivity index (χ2n) is 7.11. The SMILES string of the molecule is CC(C)(C)n1nc(-c2ccccc2)c2c1CCCC2CC#N. The van der Waals surface area contributed by atoms with E-state index in [-0.39, 0.29) is 5.54 Å². The zero-order valence-electron chi connectivity index (χ0n) is 13.6. The van der Waals surface area contributed by atoms with Gasteiger partial charge < -0.3 is 0 Å². The van der Waals surface area contributed by atoms with Gasteiger partial charge >= 0.3 is 0 Å². The number of benzene rings is 1. The summed E-state index contributed by atoms with van der Waals surface area (Å²) in [7, 11) is 0. The molecule has 0 fully saturated rings. The number of aromatic nitrogens is 2. The Morgan fingerprint density at radius 2 is 2.00 bits per heavy atom. The van der Waals surface area contributed by atoms with Gasteiger partial charge in [-0.1, -0.05) is 30.3 Å². The second-order valence-corrected chi connectivity index (χ2v) is 7.11. The van der Waals surface area contributed by atoms with Gasteiger partial charge in [0, 0.05) is 29.2 Å². The molecule has 1 unspecified atom stereocenters. The maximum Gasteiger partial charge on any atom is 0.0961 e. The highest BCUT2D eigenvalue weighted by Crippen LogP contribution is 2.41. The average molecular weight is 293 g/mol. The standard InChI is InChI=1S/C19H23N3/c1-19(2,3)22-16-11-7-10-14(12-13-20)17(16)18(21-22)15-8-5-4-6-9-15/h4-6,8-9,14H,7,10-12H2,1-3H3. The fraction of sp³-hybridized carbons (Fsp3) is 0.474. The van der Waals surface area contributed by atoms with Gasteiger partial charge in [-0.3, -0.25) is 4.68 Å². The molecule has 0 amide bonds. The lowest BCUT2D eigenvalue weighted by Crippen LogP contribution is -2.26. The molecule has 0 spiro atoms. The normalized spacial score (nSPS) is 17.8. The first kappa shape index (κ1) is 14.8. The van der Waals surface area contributed by atoms with Gasteiger partial charge in [0.25, 0.3) is 0 Å². The minimum absolute atomic E-state index is 0.0361. The highest BCUT2D eigenvalue weighted by Gasteiger charge is 2.32. The minimum Gasteiger partial charge on any atom is -0.263 e. The molecule has 114 valence electrons. The van der Waals surface area contributed by atoms with Gasteiger partial charge in [-0.2, -0.15) is 10.4 Å². The zero-order valence-corrected chi connectivity index (χ0v) is 13.6. The second kappa shape index (κ2) is 5.61. The number of fused-ring (bicyclic) bond motifs is 1. The van der Waals surface area contributed by atoms with Crippen LogP contribution in [0.1, 0.15) is 57.2 Å². The highest BCUT2D eigenvalue weighted by molar-refractivity contribution is 5.65. The van der Waals surface area contributed by atoms with E-state index < -0.39 is 0 Å². The fourth-order valence-corrected chi connectivity index (χ4v) is 3.47. The third-order valence-corrected chi connectivity index (χ3v) is 4.42. The summed E-state index contributed by atoms with van der Waals surface area (Å²) in [6.45, 7) is 6.59. The summed E-state index contributed by atoms with van der Waals surface area (Å²) in [6, 6.07) is 12.7. The molecular weight excluding hydrogens is 270 g/mol. The molecule has 3 rings (SSSR count). The van der Waals surface area contributed by atoms with E-state index >= 15 is 0 Å². The lowest BCUT2D eigenvalue weighted by Gasteiger charge is -2.27. The Balaban J connectivity index is 2.22. The van der Waals surface area contributed by atoms with Crippen molar-refractivity contribution in [1.29, 1.82) is 5.26 Å².